The number of allylic oxidation sites excluding steroid dienone is 2. The van der Waals surface area contributed by atoms with Crippen LogP contribution in [0.5, 0.6) is 0 Å². The molecule has 1 aliphatic heterocycles. The van der Waals surface area contributed by atoms with Crippen LogP contribution in [0.3, 0.4) is 0 Å². The smallest absolute Gasteiger partial charge is 0.397 e. The molecule has 1 fully saturated rings. The summed E-state index contributed by atoms with van der Waals surface area (Å²) in [6, 6.07) is 0. The van der Waals surface area contributed by atoms with Crippen molar-refractivity contribution < 1.29 is 56.2 Å². The predicted molar refractivity (Wildman–Crippen MR) is 294 cm³/mol. The molecule has 4 N–H and O–H groups in total. The SMILES string of the molecule is CCCCCCCCCC/C=C\CCCCCCCCCCCC(=O)OC(COCCCCCCCCCCCCCCCCCCCCCCCCCC)COC1OC(CO)C(O)C(OS(=O)(=O)O)C1O. The summed E-state index contributed by atoms with van der Waals surface area (Å²) in [5.41, 5.74) is 0. The lowest BCUT2D eigenvalue weighted by Crippen LogP contribution is -2.60. The van der Waals surface area contributed by atoms with E-state index in [2.05, 4.69) is 30.2 Å². The van der Waals surface area contributed by atoms with Crippen LogP contribution in [0.2, 0.25) is 0 Å². The second kappa shape index (κ2) is 50.6. The fraction of sp³-hybridized carbons (Fsp3) is 0.949. The number of esters is 1. The molecule has 1 heterocycles. The molecule has 0 aliphatic carbocycles. The van der Waals surface area contributed by atoms with Gasteiger partial charge in [0.1, 0.15) is 30.5 Å². The van der Waals surface area contributed by atoms with Crippen LogP contribution in [0.4, 0.5) is 0 Å². The number of carbonyl (C=O) groups excluding carboxylic acids is 1. The Morgan fingerprint density at radius 1 is 0.514 bits per heavy atom. The van der Waals surface area contributed by atoms with Crippen molar-refractivity contribution in [2.75, 3.05) is 26.4 Å². The van der Waals surface area contributed by atoms with Gasteiger partial charge in [-0.1, -0.05) is 264 Å². The van der Waals surface area contributed by atoms with Crippen LogP contribution in [0.1, 0.15) is 296 Å². The van der Waals surface area contributed by atoms with E-state index in [0.717, 1.165) is 38.5 Å². The highest BCUT2D eigenvalue weighted by molar-refractivity contribution is 7.80. The van der Waals surface area contributed by atoms with Gasteiger partial charge in [-0.25, -0.2) is 4.18 Å². The minimum absolute atomic E-state index is 0.0422. The topological polar surface area (TPSA) is 178 Å². The zero-order valence-corrected chi connectivity index (χ0v) is 47.3. The Morgan fingerprint density at radius 2 is 0.875 bits per heavy atom. The number of hydrogen-bond donors (Lipinski definition) is 4. The van der Waals surface area contributed by atoms with Crippen LogP contribution in [0.15, 0.2) is 12.2 Å². The van der Waals surface area contributed by atoms with Crippen LogP contribution < -0.4 is 0 Å². The van der Waals surface area contributed by atoms with Gasteiger partial charge in [0, 0.05) is 13.0 Å². The molecular formula is C59H114O12S. The molecule has 428 valence electrons. The zero-order valence-electron chi connectivity index (χ0n) is 46.5. The minimum atomic E-state index is -5.07. The highest BCUT2D eigenvalue weighted by atomic mass is 32.3. The number of rotatable bonds is 55. The van der Waals surface area contributed by atoms with Crippen molar-refractivity contribution in [3.63, 3.8) is 0 Å². The average molecular weight is 1050 g/mol. The molecule has 0 aromatic heterocycles. The van der Waals surface area contributed by atoms with E-state index < -0.39 is 59.8 Å². The van der Waals surface area contributed by atoms with Crippen molar-refractivity contribution in [3.05, 3.63) is 12.2 Å². The average Bonchev–Trinajstić information content (AvgIpc) is 3.36. The largest absolute Gasteiger partial charge is 0.457 e. The molecule has 72 heavy (non-hydrogen) atoms. The molecular weight excluding hydrogens is 933 g/mol. The van der Waals surface area contributed by atoms with E-state index in [1.807, 2.05) is 0 Å². The molecule has 0 radical (unpaired) electrons. The van der Waals surface area contributed by atoms with Crippen molar-refractivity contribution >= 4 is 16.4 Å². The number of aliphatic hydroxyl groups is 3. The van der Waals surface area contributed by atoms with E-state index in [9.17, 15) is 33.1 Å². The van der Waals surface area contributed by atoms with Gasteiger partial charge in [0.2, 0.25) is 0 Å². The van der Waals surface area contributed by atoms with Crippen LogP contribution in [-0.4, -0.2) is 97.5 Å². The molecule has 0 saturated carbocycles. The maximum atomic E-state index is 13.0. The van der Waals surface area contributed by atoms with E-state index in [-0.39, 0.29) is 19.6 Å². The van der Waals surface area contributed by atoms with E-state index in [4.69, 9.17) is 18.9 Å². The lowest BCUT2D eigenvalue weighted by molar-refractivity contribution is -0.301. The van der Waals surface area contributed by atoms with Crippen molar-refractivity contribution in [2.45, 2.75) is 333 Å². The van der Waals surface area contributed by atoms with E-state index >= 15 is 0 Å². The Morgan fingerprint density at radius 3 is 1.25 bits per heavy atom. The summed E-state index contributed by atoms with van der Waals surface area (Å²) >= 11 is 0. The molecule has 0 amide bonds. The lowest BCUT2D eigenvalue weighted by Gasteiger charge is -2.41. The van der Waals surface area contributed by atoms with Gasteiger partial charge in [0.15, 0.2) is 6.29 Å². The fourth-order valence-corrected chi connectivity index (χ4v) is 10.3. The van der Waals surface area contributed by atoms with E-state index in [1.54, 1.807) is 0 Å². The third-order valence-electron chi connectivity index (χ3n) is 14.4. The summed E-state index contributed by atoms with van der Waals surface area (Å²) in [7, 11) is -5.07. The number of aliphatic hydroxyl groups excluding tert-OH is 3. The standard InChI is InChI=1S/C59H114O12S/c1-3-5-7-9-11-13-15-17-19-21-23-25-26-27-29-31-33-35-37-39-41-43-45-47-49-67-51-53(52-68-59-57(63)58(71-72(64,65)66)56(62)54(50-60)70-59)69-55(61)48-46-44-42-40-38-36-34-32-30-28-24-22-20-18-16-14-12-10-8-6-4-2/h22,24,53-54,56-60,62-63H,3-21,23,25-52H2,1-2H3,(H,64,65,66)/b24-22-. The van der Waals surface area contributed by atoms with E-state index in [1.165, 1.54) is 231 Å². The summed E-state index contributed by atoms with van der Waals surface area (Å²) in [5.74, 6) is -0.393. The molecule has 0 spiro atoms. The number of unbranched alkanes of at least 4 members (excludes halogenated alkanes) is 40. The Bertz CT molecular complexity index is 1300. The van der Waals surface area contributed by atoms with Crippen LogP contribution in [-0.2, 0) is 38.3 Å². The third kappa shape index (κ3) is 43.0. The van der Waals surface area contributed by atoms with E-state index in [0.29, 0.717) is 13.0 Å². The van der Waals surface area contributed by atoms with Crippen LogP contribution in [0.25, 0.3) is 0 Å². The molecule has 13 heteroatoms. The second-order valence-corrected chi connectivity index (χ2v) is 22.4. The first-order valence-electron chi connectivity index (χ1n) is 30.4. The van der Waals surface area contributed by atoms with Gasteiger partial charge in [-0.3, -0.25) is 9.35 Å². The molecule has 1 aliphatic rings. The maximum absolute atomic E-state index is 13.0. The molecule has 0 bridgehead atoms. The van der Waals surface area contributed by atoms with Crippen LogP contribution in [0, 0.1) is 0 Å². The van der Waals surface area contributed by atoms with Gasteiger partial charge in [0.05, 0.1) is 19.8 Å². The lowest BCUT2D eigenvalue weighted by atomic mass is 9.99. The third-order valence-corrected chi connectivity index (χ3v) is 14.9. The maximum Gasteiger partial charge on any atom is 0.397 e. The van der Waals surface area contributed by atoms with Crippen molar-refractivity contribution in [1.29, 1.82) is 0 Å². The molecule has 0 aromatic rings. The zero-order chi connectivity index (χ0) is 52.4. The van der Waals surface area contributed by atoms with Crippen molar-refractivity contribution in [2.24, 2.45) is 0 Å². The molecule has 1 rings (SSSR count). The van der Waals surface area contributed by atoms with Gasteiger partial charge in [-0.15, -0.1) is 0 Å². The molecule has 12 nitrogen and oxygen atoms in total. The molecule has 6 unspecified atom stereocenters. The molecule has 1 saturated heterocycles. The summed E-state index contributed by atoms with van der Waals surface area (Å²) in [4.78, 5) is 13.0. The highest BCUT2D eigenvalue weighted by Gasteiger charge is 2.48. The highest BCUT2D eigenvalue weighted by Crippen LogP contribution is 2.26. The molecule has 6 atom stereocenters. The Labute approximate surface area is 442 Å². The number of ether oxygens (including phenoxy) is 4. The summed E-state index contributed by atoms with van der Waals surface area (Å²) < 4.78 is 59.5. The summed E-state index contributed by atoms with van der Waals surface area (Å²) in [5, 5.41) is 30.9. The second-order valence-electron chi connectivity index (χ2n) is 21.3. The van der Waals surface area contributed by atoms with Crippen LogP contribution >= 0.6 is 0 Å². The monoisotopic (exact) mass is 1050 g/mol. The first-order valence-corrected chi connectivity index (χ1v) is 31.8. The van der Waals surface area contributed by atoms with Crippen molar-refractivity contribution in [3.8, 4) is 0 Å². The number of hydrogen-bond acceptors (Lipinski definition) is 11. The number of carbonyl (C=O) groups is 1. The van der Waals surface area contributed by atoms with Crippen molar-refractivity contribution in [1.82, 2.24) is 0 Å². The summed E-state index contributed by atoms with van der Waals surface area (Å²) in [6.07, 6.45) is 51.1. The van der Waals surface area contributed by atoms with Gasteiger partial charge in [0.25, 0.3) is 0 Å². The Balaban J connectivity index is 2.26. The van der Waals surface area contributed by atoms with Gasteiger partial charge in [-0.2, -0.15) is 8.42 Å². The quantitative estimate of drug-likeness (QED) is 0.0196. The van der Waals surface area contributed by atoms with Gasteiger partial charge >= 0.3 is 16.4 Å². The van der Waals surface area contributed by atoms with Gasteiger partial charge < -0.3 is 34.3 Å². The summed E-state index contributed by atoms with van der Waals surface area (Å²) in [6.45, 7) is 4.07. The minimum Gasteiger partial charge on any atom is -0.457 e. The Kier molecular flexibility index (Phi) is 48.4. The predicted octanol–water partition coefficient (Wildman–Crippen LogP) is 15.3. The normalized spacial score (nSPS) is 18.9. The molecule has 0 aromatic carbocycles. The first-order chi connectivity index (χ1) is 35.1. The van der Waals surface area contributed by atoms with Gasteiger partial charge in [-0.05, 0) is 38.5 Å². The Hall–Kier alpha value is -1.16. The fourth-order valence-electron chi connectivity index (χ4n) is 9.79. The first kappa shape index (κ1) is 68.9.